The van der Waals surface area contributed by atoms with Crippen molar-refractivity contribution in [3.8, 4) is 11.4 Å². The van der Waals surface area contributed by atoms with Crippen molar-refractivity contribution in [2.24, 2.45) is 7.05 Å². The molecule has 0 atom stereocenters. The van der Waals surface area contributed by atoms with Gasteiger partial charge in [0, 0.05) is 7.05 Å². The summed E-state index contributed by atoms with van der Waals surface area (Å²) in [5.41, 5.74) is 1.54. The van der Waals surface area contributed by atoms with E-state index in [2.05, 4.69) is 20.4 Å². The van der Waals surface area contributed by atoms with E-state index in [0.29, 0.717) is 22.1 Å². The number of aryl methyl sites for hydroxylation is 1. The second-order valence-electron chi connectivity index (χ2n) is 6.58. The van der Waals surface area contributed by atoms with Crippen molar-refractivity contribution >= 4 is 28.4 Å². The van der Waals surface area contributed by atoms with E-state index in [-0.39, 0.29) is 5.56 Å². The molecule has 0 spiro atoms. The van der Waals surface area contributed by atoms with E-state index >= 15 is 0 Å². The van der Waals surface area contributed by atoms with E-state index in [1.807, 2.05) is 57.5 Å². The number of aromatic nitrogens is 7. The predicted octanol–water partition coefficient (Wildman–Crippen LogP) is 2.46. The van der Waals surface area contributed by atoms with E-state index in [0.717, 1.165) is 22.8 Å². The minimum Gasteiger partial charge on any atom is -0.495 e. The zero-order valence-electron chi connectivity index (χ0n) is 16.3. The van der Waals surface area contributed by atoms with Crippen LogP contribution in [0.2, 0.25) is 0 Å². The number of benzene rings is 2. The molecule has 5 aromatic rings. The lowest BCUT2D eigenvalue weighted by molar-refractivity contribution is 0.412. The largest absolute Gasteiger partial charge is 0.495 e. The highest BCUT2D eigenvalue weighted by molar-refractivity contribution is 7.98. The summed E-state index contributed by atoms with van der Waals surface area (Å²) in [6.07, 6.45) is 1.65. The lowest BCUT2D eigenvalue weighted by Crippen LogP contribution is -2.20. The summed E-state index contributed by atoms with van der Waals surface area (Å²) >= 11 is 1.48. The first kappa shape index (κ1) is 18.4. The van der Waals surface area contributed by atoms with Crippen LogP contribution in [0.15, 0.2) is 64.8 Å². The van der Waals surface area contributed by atoms with Gasteiger partial charge in [0.25, 0.3) is 5.56 Å². The fourth-order valence-corrected chi connectivity index (χ4v) is 4.27. The highest BCUT2D eigenvalue weighted by Crippen LogP contribution is 2.28. The lowest BCUT2D eigenvalue weighted by Gasteiger charge is -2.10. The van der Waals surface area contributed by atoms with E-state index in [4.69, 9.17) is 4.74 Å². The molecule has 3 heterocycles. The van der Waals surface area contributed by atoms with Crippen molar-refractivity contribution in [3.05, 3.63) is 71.0 Å². The van der Waals surface area contributed by atoms with E-state index < -0.39 is 0 Å². The Morgan fingerprint density at radius 3 is 2.70 bits per heavy atom. The van der Waals surface area contributed by atoms with Crippen molar-refractivity contribution < 1.29 is 4.74 Å². The highest BCUT2D eigenvalue weighted by Gasteiger charge is 2.17. The van der Waals surface area contributed by atoms with Crippen LogP contribution in [0.4, 0.5) is 0 Å². The summed E-state index contributed by atoms with van der Waals surface area (Å²) in [7, 11) is 3.34. The third kappa shape index (κ3) is 2.84. The maximum Gasteiger partial charge on any atom is 0.262 e. The monoisotopic (exact) mass is 419 g/mol. The molecule has 10 heteroatoms. The van der Waals surface area contributed by atoms with Crippen molar-refractivity contribution in [1.29, 1.82) is 0 Å². The minimum atomic E-state index is -0.0966. The Bertz CT molecular complexity index is 1440. The summed E-state index contributed by atoms with van der Waals surface area (Å²) in [6, 6.07) is 15.2. The molecular weight excluding hydrogens is 402 g/mol. The third-order valence-corrected chi connectivity index (χ3v) is 5.82. The van der Waals surface area contributed by atoms with Gasteiger partial charge in [0.1, 0.15) is 17.9 Å². The van der Waals surface area contributed by atoms with E-state index in [1.165, 1.54) is 16.3 Å². The summed E-state index contributed by atoms with van der Waals surface area (Å²) in [6.45, 7) is 0. The maximum atomic E-state index is 12.6. The number of para-hydroxylation sites is 3. The van der Waals surface area contributed by atoms with Gasteiger partial charge in [-0.25, -0.2) is 0 Å². The molecule has 0 bridgehead atoms. The van der Waals surface area contributed by atoms with Crippen molar-refractivity contribution in [2.45, 2.75) is 10.9 Å². The van der Waals surface area contributed by atoms with Gasteiger partial charge in [-0.05, 0) is 24.3 Å². The summed E-state index contributed by atoms with van der Waals surface area (Å²) in [4.78, 5) is 12.6. The molecule has 0 radical (unpaired) electrons. The molecule has 0 saturated heterocycles. The summed E-state index contributed by atoms with van der Waals surface area (Å²) < 4.78 is 10.8. The van der Waals surface area contributed by atoms with Gasteiger partial charge < -0.3 is 4.74 Å². The molecule has 0 N–H and O–H groups in total. The Morgan fingerprint density at radius 1 is 1.03 bits per heavy atom. The number of nitrogens with zero attached hydrogens (tertiary/aromatic N) is 7. The van der Waals surface area contributed by atoms with Crippen LogP contribution >= 0.6 is 11.8 Å². The summed E-state index contributed by atoms with van der Waals surface area (Å²) in [5, 5.41) is 18.2. The molecule has 0 aliphatic heterocycles. The van der Waals surface area contributed by atoms with Crippen molar-refractivity contribution in [3.63, 3.8) is 0 Å². The molecule has 5 rings (SSSR count). The fourth-order valence-electron chi connectivity index (χ4n) is 3.43. The Balaban J connectivity index is 1.55. The Morgan fingerprint density at radius 2 is 1.83 bits per heavy atom. The van der Waals surface area contributed by atoms with Crippen LogP contribution in [0.25, 0.3) is 22.4 Å². The molecule has 0 unspecified atom stereocenters. The Labute approximate surface area is 175 Å². The molecule has 0 aliphatic carbocycles. The van der Waals surface area contributed by atoms with Gasteiger partial charge in [-0.1, -0.05) is 36.0 Å². The Kier molecular flexibility index (Phi) is 4.47. The van der Waals surface area contributed by atoms with Crippen LogP contribution in [0.5, 0.6) is 5.75 Å². The molecular formula is C20H17N7O2S. The molecule has 3 aromatic heterocycles. The molecule has 2 aromatic carbocycles. The van der Waals surface area contributed by atoms with Crippen LogP contribution in [0.1, 0.15) is 5.82 Å². The molecule has 0 aliphatic rings. The van der Waals surface area contributed by atoms with Crippen LogP contribution in [0.3, 0.4) is 0 Å². The van der Waals surface area contributed by atoms with Gasteiger partial charge in [0.2, 0.25) is 5.78 Å². The molecule has 0 amide bonds. The van der Waals surface area contributed by atoms with Crippen molar-refractivity contribution in [2.75, 3.05) is 7.11 Å². The van der Waals surface area contributed by atoms with Gasteiger partial charge in [-0.3, -0.25) is 18.3 Å². The number of ether oxygens (including phenoxy) is 1. The average molecular weight is 419 g/mol. The van der Waals surface area contributed by atoms with Gasteiger partial charge in [-0.15, -0.1) is 20.4 Å². The zero-order valence-corrected chi connectivity index (χ0v) is 17.1. The first-order valence-corrected chi connectivity index (χ1v) is 10.2. The van der Waals surface area contributed by atoms with Crippen LogP contribution in [-0.4, -0.2) is 41.0 Å². The first-order valence-electron chi connectivity index (χ1n) is 9.17. The maximum absolute atomic E-state index is 12.6. The van der Waals surface area contributed by atoms with E-state index in [1.54, 1.807) is 20.5 Å². The highest BCUT2D eigenvalue weighted by atomic mass is 32.2. The standard InChI is InChI=1S/C20H17N7O2S/c1-25-18(28)13-7-3-4-8-14(13)27-17(22-23-19(25)27)11-30-20-24-21-12-26(20)15-9-5-6-10-16(15)29-2/h3-10,12H,11H2,1-2H3. The smallest absolute Gasteiger partial charge is 0.262 e. The van der Waals surface area contributed by atoms with Crippen LogP contribution < -0.4 is 10.3 Å². The zero-order chi connectivity index (χ0) is 20.7. The fraction of sp³-hybridized carbons (Fsp3) is 0.150. The number of fused-ring (bicyclic) bond motifs is 3. The van der Waals surface area contributed by atoms with Gasteiger partial charge in [0.15, 0.2) is 5.16 Å². The third-order valence-electron chi connectivity index (χ3n) is 4.88. The number of hydrogen-bond donors (Lipinski definition) is 0. The SMILES string of the molecule is COc1ccccc1-n1cnnc1SCc1nnc2n(C)c(=O)c3ccccc3n12. The molecule has 0 saturated carbocycles. The lowest BCUT2D eigenvalue weighted by atomic mass is 10.2. The minimum absolute atomic E-state index is 0.0966. The predicted molar refractivity (Wildman–Crippen MR) is 113 cm³/mol. The number of hydrogen-bond acceptors (Lipinski definition) is 7. The summed E-state index contributed by atoms with van der Waals surface area (Å²) in [5.74, 6) is 2.45. The van der Waals surface area contributed by atoms with E-state index in [9.17, 15) is 4.79 Å². The molecule has 150 valence electrons. The van der Waals surface area contributed by atoms with Gasteiger partial charge in [0.05, 0.1) is 29.5 Å². The molecule has 9 nitrogen and oxygen atoms in total. The molecule has 30 heavy (non-hydrogen) atoms. The van der Waals surface area contributed by atoms with Crippen LogP contribution in [-0.2, 0) is 12.8 Å². The first-order chi connectivity index (χ1) is 14.7. The average Bonchev–Trinajstić information content (AvgIpc) is 3.43. The van der Waals surface area contributed by atoms with Crippen molar-refractivity contribution in [1.82, 2.24) is 33.9 Å². The second kappa shape index (κ2) is 7.30. The van der Waals surface area contributed by atoms with Crippen LogP contribution in [0, 0.1) is 0 Å². The van der Waals surface area contributed by atoms with Gasteiger partial charge >= 0.3 is 0 Å². The number of thioether (sulfide) groups is 1. The number of rotatable bonds is 5. The Hall–Kier alpha value is -3.66. The number of methoxy groups -OCH3 is 1. The van der Waals surface area contributed by atoms with Gasteiger partial charge in [-0.2, -0.15) is 0 Å². The topological polar surface area (TPSA) is 92.1 Å². The second-order valence-corrected chi connectivity index (χ2v) is 7.52. The normalized spacial score (nSPS) is 11.4. The quantitative estimate of drug-likeness (QED) is 0.404. The molecule has 0 fully saturated rings.